The molecule has 1 atom stereocenters. The number of carbonyl (C=O) groups excluding carboxylic acids is 1. The predicted octanol–water partition coefficient (Wildman–Crippen LogP) is 3.20. The summed E-state index contributed by atoms with van der Waals surface area (Å²) >= 11 is 0. The number of rotatable bonds is 5. The topological polar surface area (TPSA) is 77.3 Å². The number of aliphatic hydroxyl groups excluding tert-OH is 1. The molecule has 0 aromatic heterocycles. The first-order chi connectivity index (χ1) is 14.0. The van der Waals surface area contributed by atoms with E-state index in [0.29, 0.717) is 12.4 Å². The van der Waals surface area contributed by atoms with Crippen LogP contribution in [0.5, 0.6) is 0 Å². The van der Waals surface area contributed by atoms with Crippen molar-refractivity contribution in [2.45, 2.75) is 46.4 Å². The predicted molar refractivity (Wildman–Crippen MR) is 116 cm³/mol. The smallest absolute Gasteiger partial charge is 0.277 e. The summed E-state index contributed by atoms with van der Waals surface area (Å²) in [6, 6.07) is 12.7. The maximum Gasteiger partial charge on any atom is 0.277 e. The number of hydrogen-bond acceptors (Lipinski definition) is 5. The molecule has 2 N–H and O–H groups in total. The fourth-order valence-corrected chi connectivity index (χ4v) is 3.86. The summed E-state index contributed by atoms with van der Waals surface area (Å²) in [6.45, 7) is 6.97. The van der Waals surface area contributed by atoms with Crippen molar-refractivity contribution in [3.63, 3.8) is 0 Å². The van der Waals surface area contributed by atoms with Crippen molar-refractivity contribution in [3.05, 3.63) is 58.7 Å². The SMILES string of the molecule is CCc1cc2c(cc1C)N(CCCc1ccc(C)cc1)C1=NC(O)NC(=O)C1=N2. The van der Waals surface area contributed by atoms with Gasteiger partial charge < -0.3 is 15.3 Å². The molecule has 29 heavy (non-hydrogen) atoms. The molecule has 6 heteroatoms. The van der Waals surface area contributed by atoms with Gasteiger partial charge in [-0.2, -0.15) is 0 Å². The van der Waals surface area contributed by atoms with E-state index in [9.17, 15) is 9.90 Å². The highest BCUT2D eigenvalue weighted by molar-refractivity contribution is 6.70. The van der Waals surface area contributed by atoms with Crippen LogP contribution in [-0.4, -0.2) is 35.5 Å². The summed E-state index contributed by atoms with van der Waals surface area (Å²) in [5.74, 6) is 0.0524. The minimum Gasteiger partial charge on any atom is -0.355 e. The standard InChI is InChI=1S/C23H26N4O2/c1-4-17-13-18-19(12-15(17)3)27(11-5-6-16-9-7-14(2)8-10-16)21-20(24-18)22(28)26-23(29)25-21/h7-10,12-13,23,29H,4-6,11H2,1-3H3,(H,26,28). The molecule has 0 bridgehead atoms. The lowest BCUT2D eigenvalue weighted by molar-refractivity contribution is -0.117. The molecule has 0 saturated heterocycles. The molecule has 4 rings (SSSR count). The third-order valence-corrected chi connectivity index (χ3v) is 5.49. The number of fused-ring (bicyclic) bond motifs is 2. The number of amidine groups is 1. The lowest BCUT2D eigenvalue weighted by Gasteiger charge is -2.34. The van der Waals surface area contributed by atoms with Gasteiger partial charge in [0.25, 0.3) is 5.91 Å². The van der Waals surface area contributed by atoms with Crippen LogP contribution in [0.1, 0.15) is 35.6 Å². The Bertz CT molecular complexity index is 1010. The lowest BCUT2D eigenvalue weighted by Crippen LogP contribution is -2.53. The molecular formula is C23H26N4O2. The number of aryl methyl sites for hydroxylation is 4. The van der Waals surface area contributed by atoms with Crippen LogP contribution < -0.4 is 10.2 Å². The van der Waals surface area contributed by atoms with Crippen LogP contribution in [0.4, 0.5) is 11.4 Å². The number of anilines is 1. The maximum atomic E-state index is 12.4. The van der Waals surface area contributed by atoms with Crippen LogP contribution in [0.3, 0.4) is 0 Å². The van der Waals surface area contributed by atoms with Gasteiger partial charge in [0.05, 0.1) is 11.4 Å². The molecule has 6 nitrogen and oxygen atoms in total. The zero-order valence-corrected chi connectivity index (χ0v) is 17.1. The van der Waals surface area contributed by atoms with Crippen molar-refractivity contribution in [2.75, 3.05) is 11.4 Å². The Morgan fingerprint density at radius 2 is 1.93 bits per heavy atom. The Hall–Kier alpha value is -2.99. The number of aliphatic hydroxyl groups is 1. The van der Waals surface area contributed by atoms with E-state index in [4.69, 9.17) is 0 Å². The average Bonchev–Trinajstić information content (AvgIpc) is 2.69. The van der Waals surface area contributed by atoms with E-state index in [0.717, 1.165) is 30.6 Å². The van der Waals surface area contributed by atoms with Crippen LogP contribution in [0.2, 0.25) is 0 Å². The van der Waals surface area contributed by atoms with E-state index >= 15 is 0 Å². The van der Waals surface area contributed by atoms with Crippen molar-refractivity contribution < 1.29 is 9.90 Å². The molecule has 2 aliphatic rings. The van der Waals surface area contributed by atoms with Gasteiger partial charge in [-0.1, -0.05) is 36.8 Å². The van der Waals surface area contributed by atoms with Gasteiger partial charge in [0.1, 0.15) is 0 Å². The van der Waals surface area contributed by atoms with E-state index in [1.165, 1.54) is 22.3 Å². The number of nitrogens with zero attached hydrogens (tertiary/aromatic N) is 3. The summed E-state index contributed by atoms with van der Waals surface area (Å²) in [6.07, 6.45) is 1.48. The molecule has 2 aliphatic heterocycles. The molecule has 0 saturated carbocycles. The Kier molecular flexibility index (Phi) is 5.20. The number of nitrogens with one attached hydrogen (secondary N) is 1. The van der Waals surface area contributed by atoms with Gasteiger partial charge in [0, 0.05) is 6.54 Å². The molecule has 1 unspecified atom stereocenters. The first-order valence-corrected chi connectivity index (χ1v) is 10.1. The molecule has 0 aliphatic carbocycles. The number of carbonyl (C=O) groups is 1. The third kappa shape index (κ3) is 3.80. The zero-order chi connectivity index (χ0) is 20.5. The van der Waals surface area contributed by atoms with Gasteiger partial charge in [-0.05, 0) is 61.9 Å². The Morgan fingerprint density at radius 1 is 1.17 bits per heavy atom. The highest BCUT2D eigenvalue weighted by Gasteiger charge is 2.35. The molecule has 1 amide bonds. The fourth-order valence-electron chi connectivity index (χ4n) is 3.86. The summed E-state index contributed by atoms with van der Waals surface area (Å²) in [5, 5.41) is 12.4. The molecule has 2 aromatic rings. The summed E-state index contributed by atoms with van der Waals surface area (Å²) in [4.78, 5) is 23.3. The van der Waals surface area contributed by atoms with Gasteiger partial charge in [-0.15, -0.1) is 0 Å². The lowest BCUT2D eigenvalue weighted by atomic mass is 10.0. The largest absolute Gasteiger partial charge is 0.355 e. The molecule has 2 heterocycles. The number of aliphatic imine (C=N–C) groups is 2. The molecule has 0 radical (unpaired) electrons. The third-order valence-electron chi connectivity index (χ3n) is 5.49. The van der Waals surface area contributed by atoms with Crippen LogP contribution in [-0.2, 0) is 17.6 Å². The minimum absolute atomic E-state index is 0.268. The van der Waals surface area contributed by atoms with E-state index in [1.54, 1.807) is 0 Å². The van der Waals surface area contributed by atoms with E-state index < -0.39 is 12.3 Å². The monoisotopic (exact) mass is 390 g/mol. The molecule has 2 aromatic carbocycles. The number of hydrogen-bond donors (Lipinski definition) is 2. The molecular weight excluding hydrogens is 364 g/mol. The highest BCUT2D eigenvalue weighted by Crippen LogP contribution is 2.37. The quantitative estimate of drug-likeness (QED) is 0.823. The molecule has 150 valence electrons. The van der Waals surface area contributed by atoms with Gasteiger partial charge in [0.15, 0.2) is 11.5 Å². The first-order valence-electron chi connectivity index (χ1n) is 10.1. The normalized spacial score (nSPS) is 17.9. The second kappa shape index (κ2) is 7.79. The highest BCUT2D eigenvalue weighted by atomic mass is 16.3. The Morgan fingerprint density at radius 3 is 2.66 bits per heavy atom. The fraction of sp³-hybridized carbons (Fsp3) is 0.348. The second-order valence-corrected chi connectivity index (χ2v) is 7.62. The summed E-state index contributed by atoms with van der Waals surface area (Å²) in [7, 11) is 0. The van der Waals surface area contributed by atoms with Gasteiger partial charge in [0.2, 0.25) is 6.35 Å². The number of amides is 1. The molecule has 0 spiro atoms. The van der Waals surface area contributed by atoms with E-state index in [-0.39, 0.29) is 5.71 Å². The average molecular weight is 390 g/mol. The Balaban J connectivity index is 1.66. The van der Waals surface area contributed by atoms with E-state index in [1.807, 2.05) is 4.90 Å². The Labute approximate surface area is 171 Å². The minimum atomic E-state index is -1.24. The van der Waals surface area contributed by atoms with Gasteiger partial charge >= 0.3 is 0 Å². The van der Waals surface area contributed by atoms with Crippen LogP contribution >= 0.6 is 0 Å². The van der Waals surface area contributed by atoms with Crippen LogP contribution in [0.25, 0.3) is 0 Å². The van der Waals surface area contributed by atoms with Crippen molar-refractivity contribution in [1.29, 1.82) is 0 Å². The number of benzene rings is 2. The summed E-state index contributed by atoms with van der Waals surface area (Å²) < 4.78 is 0. The van der Waals surface area contributed by atoms with Gasteiger partial charge in [-0.3, -0.25) is 4.79 Å². The van der Waals surface area contributed by atoms with Crippen molar-refractivity contribution in [1.82, 2.24) is 5.32 Å². The van der Waals surface area contributed by atoms with E-state index in [2.05, 4.69) is 72.5 Å². The van der Waals surface area contributed by atoms with Crippen molar-refractivity contribution in [3.8, 4) is 0 Å². The zero-order valence-electron chi connectivity index (χ0n) is 17.1. The van der Waals surface area contributed by atoms with Crippen molar-refractivity contribution in [2.24, 2.45) is 9.98 Å². The van der Waals surface area contributed by atoms with Crippen LogP contribution in [0, 0.1) is 13.8 Å². The van der Waals surface area contributed by atoms with Gasteiger partial charge in [-0.25, -0.2) is 9.98 Å². The summed E-state index contributed by atoms with van der Waals surface area (Å²) in [5.41, 5.74) is 6.92. The molecule has 0 fully saturated rings. The maximum absolute atomic E-state index is 12.4. The first kappa shape index (κ1) is 19.3. The van der Waals surface area contributed by atoms with Crippen molar-refractivity contribution >= 4 is 28.8 Å². The second-order valence-electron chi connectivity index (χ2n) is 7.62. The van der Waals surface area contributed by atoms with Crippen LogP contribution in [0.15, 0.2) is 46.4 Å².